The van der Waals surface area contributed by atoms with Crippen LogP contribution in [0.1, 0.15) is 34.6 Å². The van der Waals surface area contributed by atoms with Crippen LogP contribution in [0.15, 0.2) is 0 Å². The lowest BCUT2D eigenvalue weighted by Gasteiger charge is -2.48. The maximum atomic E-state index is 12.0. The van der Waals surface area contributed by atoms with Crippen molar-refractivity contribution in [2.75, 3.05) is 6.61 Å². The average molecular weight is 558 g/mol. The minimum absolute atomic E-state index is 0.126. The fourth-order valence-corrected chi connectivity index (χ4v) is 5.02. The van der Waals surface area contributed by atoms with Crippen LogP contribution in [0.4, 0.5) is 0 Å². The van der Waals surface area contributed by atoms with E-state index in [1.54, 1.807) is 40.8 Å². The molecule has 12 nitrogen and oxygen atoms in total. The lowest BCUT2D eigenvalue weighted by atomic mass is 9.89. The number of hydrogen-bond acceptors (Lipinski definition) is 10. The van der Waals surface area contributed by atoms with Crippen molar-refractivity contribution in [1.82, 2.24) is 5.32 Å². The van der Waals surface area contributed by atoms with Crippen LogP contribution in [0, 0.1) is 5.92 Å². The van der Waals surface area contributed by atoms with E-state index in [0.717, 1.165) is 0 Å². The summed E-state index contributed by atoms with van der Waals surface area (Å²) in [5.74, 6) is -2.19. The molecule has 0 aromatic heterocycles. The number of ether oxygens (including phenoxy) is 4. The van der Waals surface area contributed by atoms with E-state index in [9.17, 15) is 30.0 Å². The van der Waals surface area contributed by atoms with Crippen LogP contribution in [0.2, 0.25) is 13.1 Å². The number of amides is 1. The standard InChI is InChI=1S/C22H40ClNO11Si/c1-9(2)17-15(27)16(28)19(20(34-17)21(29)30)35-22-13(24-11(5)25)18(32-10(3)4)14(26)12(33-22)8-31-36(6,7)23/h9-10,12-20,22,26-28H,8H2,1-7H3,(H,24,25)(H,29,30). The number of halogens is 1. The summed E-state index contributed by atoms with van der Waals surface area (Å²) in [6, 6.07) is -1.10. The van der Waals surface area contributed by atoms with Crippen molar-refractivity contribution in [3.63, 3.8) is 0 Å². The lowest BCUT2D eigenvalue weighted by Crippen LogP contribution is -2.69. The number of rotatable bonds is 10. The second-order valence-corrected chi connectivity index (χ2v) is 16.0. The minimum atomic E-state index is -2.54. The van der Waals surface area contributed by atoms with Crippen LogP contribution >= 0.6 is 11.1 Å². The van der Waals surface area contributed by atoms with E-state index in [-0.39, 0.29) is 18.6 Å². The van der Waals surface area contributed by atoms with Gasteiger partial charge in [0.25, 0.3) is 7.63 Å². The quantitative estimate of drug-likeness (QED) is 0.180. The highest BCUT2D eigenvalue weighted by molar-refractivity contribution is 7.15. The van der Waals surface area contributed by atoms with Crippen LogP contribution in [-0.2, 0) is 33.0 Å². The number of nitrogens with one attached hydrogen (secondary N) is 1. The summed E-state index contributed by atoms with van der Waals surface area (Å²) in [4.78, 5) is 24.1. The van der Waals surface area contributed by atoms with Gasteiger partial charge in [0.2, 0.25) is 5.91 Å². The molecule has 5 N–H and O–H groups in total. The zero-order valence-corrected chi connectivity index (χ0v) is 23.4. The van der Waals surface area contributed by atoms with Crippen molar-refractivity contribution in [3.05, 3.63) is 0 Å². The van der Waals surface area contributed by atoms with E-state index < -0.39 is 80.7 Å². The molecule has 2 rings (SSSR count). The largest absolute Gasteiger partial charge is 0.479 e. The Hall–Kier alpha value is -0.873. The van der Waals surface area contributed by atoms with Crippen LogP contribution in [0.5, 0.6) is 0 Å². The van der Waals surface area contributed by atoms with Gasteiger partial charge in [-0.25, -0.2) is 4.79 Å². The third-order valence-corrected chi connectivity index (χ3v) is 7.06. The predicted octanol–water partition coefficient (Wildman–Crippen LogP) is -0.0573. The van der Waals surface area contributed by atoms with E-state index >= 15 is 0 Å². The molecule has 0 bridgehead atoms. The Morgan fingerprint density at radius 2 is 1.64 bits per heavy atom. The summed E-state index contributed by atoms with van der Waals surface area (Å²) >= 11 is 6.26. The van der Waals surface area contributed by atoms with E-state index in [4.69, 9.17) is 34.5 Å². The fraction of sp³-hybridized carbons (Fsp3) is 0.909. The van der Waals surface area contributed by atoms with E-state index in [2.05, 4.69) is 5.32 Å². The van der Waals surface area contributed by atoms with E-state index in [1.807, 2.05) is 0 Å². The van der Waals surface area contributed by atoms with Crippen molar-refractivity contribution in [3.8, 4) is 0 Å². The highest BCUT2D eigenvalue weighted by Gasteiger charge is 2.54. The average Bonchev–Trinajstić information content (AvgIpc) is 2.73. The third-order valence-electron chi connectivity index (χ3n) is 5.88. The number of aliphatic hydroxyl groups is 3. The smallest absolute Gasteiger partial charge is 0.335 e. The van der Waals surface area contributed by atoms with Crippen molar-refractivity contribution < 1.29 is 53.4 Å². The highest BCUT2D eigenvalue weighted by atomic mass is 35.6. The van der Waals surface area contributed by atoms with Gasteiger partial charge in [0.15, 0.2) is 12.4 Å². The molecule has 2 heterocycles. The highest BCUT2D eigenvalue weighted by Crippen LogP contribution is 2.33. The first kappa shape index (κ1) is 31.3. The summed E-state index contributed by atoms with van der Waals surface area (Å²) in [6.45, 7) is 11.5. The van der Waals surface area contributed by atoms with Gasteiger partial charge in [-0.3, -0.25) is 4.79 Å². The van der Waals surface area contributed by atoms with E-state index in [1.165, 1.54) is 6.92 Å². The first-order valence-electron chi connectivity index (χ1n) is 12.0. The normalized spacial score (nSPS) is 37.8. The van der Waals surface area contributed by atoms with Gasteiger partial charge in [-0.2, -0.15) is 0 Å². The van der Waals surface area contributed by atoms with Crippen LogP contribution < -0.4 is 5.32 Å². The number of aliphatic hydroxyl groups excluding tert-OH is 3. The summed E-state index contributed by atoms with van der Waals surface area (Å²) in [5, 5.41) is 44.9. The summed E-state index contributed by atoms with van der Waals surface area (Å²) < 4.78 is 29.1. The first-order chi connectivity index (χ1) is 16.5. The molecule has 2 saturated heterocycles. The first-order valence-corrected chi connectivity index (χ1v) is 15.9. The Morgan fingerprint density at radius 1 is 1.03 bits per heavy atom. The van der Waals surface area contributed by atoms with Gasteiger partial charge in [0, 0.05) is 6.92 Å². The maximum absolute atomic E-state index is 12.0. The predicted molar refractivity (Wildman–Crippen MR) is 130 cm³/mol. The molecule has 1 amide bonds. The fourth-order valence-electron chi connectivity index (χ4n) is 4.27. The molecule has 0 aliphatic carbocycles. The minimum Gasteiger partial charge on any atom is -0.479 e. The molecule has 0 saturated carbocycles. The lowest BCUT2D eigenvalue weighted by molar-refractivity contribution is -0.324. The Morgan fingerprint density at radius 3 is 2.11 bits per heavy atom. The molecule has 36 heavy (non-hydrogen) atoms. The summed E-state index contributed by atoms with van der Waals surface area (Å²) in [6.07, 6.45) is -12.3. The number of carbonyl (C=O) groups excluding carboxylic acids is 1. The molecule has 14 heteroatoms. The maximum Gasteiger partial charge on any atom is 0.335 e. The monoisotopic (exact) mass is 557 g/mol. The van der Waals surface area contributed by atoms with Gasteiger partial charge < -0.3 is 49.1 Å². The zero-order chi connectivity index (χ0) is 27.5. The summed E-state index contributed by atoms with van der Waals surface area (Å²) in [7, 11) is -2.54. The number of aliphatic carboxylic acids is 1. The Kier molecular flexibility index (Phi) is 11.1. The Bertz CT molecular complexity index is 752. The molecular formula is C22H40ClNO11Si. The molecule has 10 unspecified atom stereocenters. The second kappa shape index (κ2) is 12.8. The van der Waals surface area contributed by atoms with Gasteiger partial charge >= 0.3 is 5.97 Å². The molecule has 0 radical (unpaired) electrons. The number of carboxylic acid groups (broad SMARTS) is 1. The Balaban J connectivity index is 2.42. The molecule has 10 atom stereocenters. The number of carbonyl (C=O) groups is 2. The van der Waals surface area contributed by atoms with Gasteiger partial charge in [-0.1, -0.05) is 13.8 Å². The van der Waals surface area contributed by atoms with E-state index in [0.29, 0.717) is 0 Å². The van der Waals surface area contributed by atoms with Gasteiger partial charge in [-0.15, -0.1) is 11.1 Å². The van der Waals surface area contributed by atoms with Gasteiger partial charge in [0.1, 0.15) is 42.7 Å². The molecule has 0 aromatic carbocycles. The Labute approximate surface area is 217 Å². The topological polar surface area (TPSA) is 173 Å². The molecule has 0 aromatic rings. The van der Waals surface area contributed by atoms with Gasteiger partial charge in [-0.05, 0) is 32.9 Å². The zero-order valence-electron chi connectivity index (χ0n) is 21.7. The number of hydrogen-bond donors (Lipinski definition) is 5. The van der Waals surface area contributed by atoms with Crippen molar-refractivity contribution in [2.45, 2.75) is 115 Å². The van der Waals surface area contributed by atoms with Crippen molar-refractivity contribution in [1.29, 1.82) is 0 Å². The summed E-state index contributed by atoms with van der Waals surface area (Å²) in [5.41, 5.74) is 0. The van der Waals surface area contributed by atoms with Crippen molar-refractivity contribution >= 4 is 30.6 Å². The third kappa shape index (κ3) is 8.06. The van der Waals surface area contributed by atoms with Crippen LogP contribution in [0.3, 0.4) is 0 Å². The molecule has 2 fully saturated rings. The second-order valence-electron chi connectivity index (χ2n) is 10.3. The SMILES string of the molecule is CC(=O)NC1C(OC2C(C(=O)O)OC(C(C)C)C(O)C2O)OC(CO[Si](C)(C)Cl)C(O)C1OC(C)C. The number of carboxylic acids is 1. The van der Waals surface area contributed by atoms with Crippen LogP contribution in [-0.4, -0.2) is 114 Å². The molecule has 0 spiro atoms. The molecule has 2 aliphatic heterocycles. The van der Waals surface area contributed by atoms with Crippen molar-refractivity contribution in [2.24, 2.45) is 5.92 Å². The molecule has 2 aliphatic rings. The van der Waals surface area contributed by atoms with Crippen LogP contribution in [0.25, 0.3) is 0 Å². The molecule has 210 valence electrons. The molecular weight excluding hydrogens is 518 g/mol. The van der Waals surface area contributed by atoms with Gasteiger partial charge in [0.05, 0.1) is 18.8 Å².